The summed E-state index contributed by atoms with van der Waals surface area (Å²) in [5.74, 6) is -2.93. The van der Waals surface area contributed by atoms with Crippen molar-refractivity contribution in [2.75, 3.05) is 19.1 Å². The van der Waals surface area contributed by atoms with Crippen LogP contribution >= 0.6 is 0 Å². The van der Waals surface area contributed by atoms with E-state index in [4.69, 9.17) is 5.11 Å². The van der Waals surface area contributed by atoms with Crippen molar-refractivity contribution < 1.29 is 32.6 Å². The van der Waals surface area contributed by atoms with Crippen LogP contribution in [0.4, 0.5) is 0 Å². The molecule has 0 heterocycles. The van der Waals surface area contributed by atoms with Gasteiger partial charge in [-0.3, -0.25) is 9.59 Å². The van der Waals surface area contributed by atoms with E-state index in [2.05, 4.69) is 10.1 Å². The lowest BCUT2D eigenvalue weighted by molar-refractivity contribution is -0.144. The largest absolute Gasteiger partial charge is 0.480 e. The molecule has 0 fully saturated rings. The van der Waals surface area contributed by atoms with Gasteiger partial charge in [-0.15, -0.1) is 0 Å². The molecule has 0 aromatic rings. The van der Waals surface area contributed by atoms with Gasteiger partial charge in [0.05, 0.1) is 12.9 Å². The maximum atomic E-state index is 11.4. The summed E-state index contributed by atoms with van der Waals surface area (Å²) in [4.78, 5) is 33.1. The zero-order valence-electron chi connectivity index (χ0n) is 10.7. The minimum atomic E-state index is -3.29. The van der Waals surface area contributed by atoms with Crippen LogP contribution in [0.5, 0.6) is 0 Å². The summed E-state index contributed by atoms with van der Waals surface area (Å²) in [6.45, 7) is 0. The molecule has 9 heteroatoms. The molecule has 0 saturated carbocycles. The number of hydrogen-bond acceptors (Lipinski definition) is 6. The number of amides is 1. The molecule has 0 rings (SSSR count). The number of carbonyl (C=O) groups is 3. The number of hydrogen-bond donors (Lipinski definition) is 2. The molecular formula is C10H17NO7S. The van der Waals surface area contributed by atoms with Crippen LogP contribution in [-0.2, 0) is 29.0 Å². The summed E-state index contributed by atoms with van der Waals surface area (Å²) in [5.41, 5.74) is 0. The first kappa shape index (κ1) is 17.4. The van der Waals surface area contributed by atoms with Gasteiger partial charge in [-0.1, -0.05) is 0 Å². The van der Waals surface area contributed by atoms with Gasteiger partial charge >= 0.3 is 11.9 Å². The first-order valence-electron chi connectivity index (χ1n) is 5.42. The van der Waals surface area contributed by atoms with Gasteiger partial charge in [0.1, 0.15) is 15.9 Å². The molecule has 110 valence electrons. The minimum absolute atomic E-state index is 0.118. The van der Waals surface area contributed by atoms with Gasteiger partial charge in [0.2, 0.25) is 5.91 Å². The molecule has 1 atom stereocenters. The van der Waals surface area contributed by atoms with Gasteiger partial charge in [-0.2, -0.15) is 0 Å². The highest BCUT2D eigenvalue weighted by atomic mass is 32.2. The predicted octanol–water partition coefficient (Wildman–Crippen LogP) is -1.06. The fourth-order valence-corrected chi connectivity index (χ4v) is 1.72. The van der Waals surface area contributed by atoms with Gasteiger partial charge in [-0.25, -0.2) is 13.2 Å². The zero-order chi connectivity index (χ0) is 15.1. The number of rotatable bonds is 8. The van der Waals surface area contributed by atoms with Crippen LogP contribution in [0.15, 0.2) is 0 Å². The summed E-state index contributed by atoms with van der Waals surface area (Å²) >= 11 is 0. The molecule has 8 nitrogen and oxygen atoms in total. The van der Waals surface area contributed by atoms with Crippen LogP contribution in [0, 0.1) is 0 Å². The Kier molecular flexibility index (Phi) is 7.05. The van der Waals surface area contributed by atoms with Crippen LogP contribution in [0.25, 0.3) is 0 Å². The monoisotopic (exact) mass is 295 g/mol. The minimum Gasteiger partial charge on any atom is -0.480 e. The first-order chi connectivity index (χ1) is 8.65. The Hall–Kier alpha value is -1.64. The maximum absolute atomic E-state index is 11.4. The van der Waals surface area contributed by atoms with Crippen LogP contribution < -0.4 is 5.32 Å². The molecule has 0 saturated heterocycles. The Morgan fingerprint density at radius 1 is 1.26 bits per heavy atom. The van der Waals surface area contributed by atoms with E-state index in [1.54, 1.807) is 0 Å². The zero-order valence-corrected chi connectivity index (χ0v) is 11.5. The van der Waals surface area contributed by atoms with E-state index in [0.29, 0.717) is 0 Å². The second kappa shape index (κ2) is 7.72. The number of carboxylic acid groups (broad SMARTS) is 1. The number of carboxylic acids is 1. The Morgan fingerprint density at radius 2 is 1.84 bits per heavy atom. The standard InChI is InChI=1S/C10H17NO7S/c1-18-9(13)4-3-7(10(14)15)11-8(12)5-6-19(2,16)17/h7H,3-6H2,1-2H3,(H,11,12)(H,14,15)/t7-/m1/s1. The Labute approximate surface area is 111 Å². The van der Waals surface area contributed by atoms with Crippen molar-refractivity contribution in [1.29, 1.82) is 0 Å². The average molecular weight is 295 g/mol. The lowest BCUT2D eigenvalue weighted by Gasteiger charge is -2.13. The second-order valence-electron chi connectivity index (χ2n) is 3.95. The number of carbonyl (C=O) groups excluding carboxylic acids is 2. The number of aliphatic carboxylic acids is 1. The molecule has 0 unspecified atom stereocenters. The lowest BCUT2D eigenvalue weighted by Crippen LogP contribution is -2.41. The van der Waals surface area contributed by atoms with Crippen LogP contribution in [0.2, 0.25) is 0 Å². The average Bonchev–Trinajstić information content (AvgIpc) is 2.30. The molecule has 0 radical (unpaired) electrons. The third kappa shape index (κ3) is 9.00. The fourth-order valence-electron chi connectivity index (χ4n) is 1.17. The summed E-state index contributed by atoms with van der Waals surface area (Å²) in [5, 5.41) is 11.0. The highest BCUT2D eigenvalue weighted by Gasteiger charge is 2.21. The van der Waals surface area contributed by atoms with Gasteiger partial charge in [0, 0.05) is 19.1 Å². The van der Waals surface area contributed by atoms with E-state index < -0.39 is 33.7 Å². The van der Waals surface area contributed by atoms with E-state index >= 15 is 0 Å². The van der Waals surface area contributed by atoms with Gasteiger partial charge in [-0.05, 0) is 6.42 Å². The number of esters is 1. The van der Waals surface area contributed by atoms with Gasteiger partial charge in [0.15, 0.2) is 0 Å². The molecule has 0 aliphatic heterocycles. The summed E-state index contributed by atoms with van der Waals surface area (Å²) < 4.78 is 26.1. The second-order valence-corrected chi connectivity index (χ2v) is 6.21. The van der Waals surface area contributed by atoms with Crippen molar-refractivity contribution in [2.45, 2.75) is 25.3 Å². The molecule has 19 heavy (non-hydrogen) atoms. The molecule has 0 aliphatic rings. The van der Waals surface area contributed by atoms with Gasteiger partial charge in [0.25, 0.3) is 0 Å². The number of methoxy groups -OCH3 is 1. The topological polar surface area (TPSA) is 127 Å². The Morgan fingerprint density at radius 3 is 2.26 bits per heavy atom. The van der Waals surface area contributed by atoms with Crippen molar-refractivity contribution >= 4 is 27.7 Å². The van der Waals surface area contributed by atoms with Crippen molar-refractivity contribution in [2.24, 2.45) is 0 Å². The van der Waals surface area contributed by atoms with Crippen LogP contribution in [0.3, 0.4) is 0 Å². The highest BCUT2D eigenvalue weighted by molar-refractivity contribution is 7.90. The summed E-state index contributed by atoms with van der Waals surface area (Å²) in [6.07, 6.45) is 0.388. The molecule has 0 spiro atoms. The van der Waals surface area contributed by atoms with Crippen molar-refractivity contribution in [3.05, 3.63) is 0 Å². The summed E-state index contributed by atoms with van der Waals surface area (Å²) in [7, 11) is -2.12. The molecular weight excluding hydrogens is 278 g/mol. The Balaban J connectivity index is 4.31. The van der Waals surface area contributed by atoms with Crippen molar-refractivity contribution in [3.8, 4) is 0 Å². The highest BCUT2D eigenvalue weighted by Crippen LogP contribution is 2.00. The van der Waals surface area contributed by atoms with E-state index in [0.717, 1.165) is 6.26 Å². The van der Waals surface area contributed by atoms with E-state index in [9.17, 15) is 22.8 Å². The fraction of sp³-hybridized carbons (Fsp3) is 0.700. The number of sulfone groups is 1. The van der Waals surface area contributed by atoms with Crippen LogP contribution in [0.1, 0.15) is 19.3 Å². The third-order valence-corrected chi connectivity index (χ3v) is 3.14. The van der Waals surface area contributed by atoms with Crippen LogP contribution in [-0.4, -0.2) is 56.5 Å². The normalized spacial score (nSPS) is 12.5. The van der Waals surface area contributed by atoms with E-state index in [1.165, 1.54) is 7.11 Å². The molecule has 2 N–H and O–H groups in total. The third-order valence-electron chi connectivity index (χ3n) is 2.20. The predicted molar refractivity (Wildman–Crippen MR) is 65.1 cm³/mol. The molecule has 0 aromatic heterocycles. The lowest BCUT2D eigenvalue weighted by atomic mass is 10.1. The quantitative estimate of drug-likeness (QED) is 0.546. The van der Waals surface area contributed by atoms with E-state index in [-0.39, 0.29) is 25.0 Å². The maximum Gasteiger partial charge on any atom is 0.326 e. The molecule has 0 aliphatic carbocycles. The SMILES string of the molecule is COC(=O)CC[C@@H](NC(=O)CCS(C)(=O)=O)C(=O)O. The number of ether oxygens (including phenoxy) is 1. The van der Waals surface area contributed by atoms with Gasteiger partial charge < -0.3 is 15.2 Å². The Bertz CT molecular complexity index is 443. The first-order valence-corrected chi connectivity index (χ1v) is 7.48. The molecule has 1 amide bonds. The molecule has 0 aromatic carbocycles. The van der Waals surface area contributed by atoms with Crippen molar-refractivity contribution in [1.82, 2.24) is 5.32 Å². The van der Waals surface area contributed by atoms with E-state index in [1.807, 2.05) is 0 Å². The number of nitrogens with one attached hydrogen (secondary N) is 1. The molecule has 0 bridgehead atoms. The van der Waals surface area contributed by atoms with Crippen molar-refractivity contribution in [3.63, 3.8) is 0 Å². The summed E-state index contributed by atoms with van der Waals surface area (Å²) in [6, 6.07) is -1.24. The smallest absolute Gasteiger partial charge is 0.326 e.